The van der Waals surface area contributed by atoms with Crippen molar-refractivity contribution in [1.29, 1.82) is 0 Å². The van der Waals surface area contributed by atoms with Crippen molar-refractivity contribution in [2.24, 2.45) is 10.7 Å². The van der Waals surface area contributed by atoms with E-state index in [-0.39, 0.29) is 12.1 Å². The van der Waals surface area contributed by atoms with Crippen molar-refractivity contribution < 1.29 is 19.2 Å². The summed E-state index contributed by atoms with van der Waals surface area (Å²) in [4.78, 5) is 38.6. The van der Waals surface area contributed by atoms with Gasteiger partial charge in [-0.05, 0) is 31.5 Å². The van der Waals surface area contributed by atoms with Crippen LogP contribution in [0.5, 0.6) is 0 Å². The first kappa shape index (κ1) is 22.3. The summed E-state index contributed by atoms with van der Waals surface area (Å²) in [6.45, 7) is 2.83. The van der Waals surface area contributed by atoms with Gasteiger partial charge in [-0.1, -0.05) is 30.3 Å². The zero-order chi connectivity index (χ0) is 22.1. The molecule has 0 radical (unpaired) electrons. The van der Waals surface area contributed by atoms with Crippen molar-refractivity contribution in [2.45, 2.75) is 20.3 Å². The van der Waals surface area contributed by atoms with Crippen molar-refractivity contribution in [3.63, 3.8) is 0 Å². The average Bonchev–Trinajstić information content (AvgIpc) is 2.71. The van der Waals surface area contributed by atoms with E-state index in [1.165, 1.54) is 24.3 Å². The number of esters is 1. The van der Waals surface area contributed by atoms with Gasteiger partial charge in [0.05, 0.1) is 28.4 Å². The zero-order valence-corrected chi connectivity index (χ0v) is 16.6. The number of benzene rings is 2. The lowest BCUT2D eigenvalue weighted by molar-refractivity contribution is -0.384. The fourth-order valence-electron chi connectivity index (χ4n) is 2.50. The van der Waals surface area contributed by atoms with Gasteiger partial charge in [-0.15, -0.1) is 0 Å². The van der Waals surface area contributed by atoms with E-state index >= 15 is 0 Å². The van der Waals surface area contributed by atoms with Gasteiger partial charge in [-0.2, -0.15) is 0 Å². The second-order valence-corrected chi connectivity index (χ2v) is 6.40. The molecule has 2 aromatic carbocycles. The summed E-state index contributed by atoms with van der Waals surface area (Å²) < 4.78 is 4.98. The van der Waals surface area contributed by atoms with Gasteiger partial charge in [0.1, 0.15) is 0 Å². The highest BCUT2D eigenvalue weighted by Gasteiger charge is 2.13. The number of nitro groups is 1. The first-order chi connectivity index (χ1) is 14.3. The molecule has 2 aromatic rings. The van der Waals surface area contributed by atoms with Gasteiger partial charge < -0.3 is 15.8 Å². The molecule has 30 heavy (non-hydrogen) atoms. The Kier molecular flexibility index (Phi) is 7.81. The summed E-state index contributed by atoms with van der Waals surface area (Å²) in [5.41, 5.74) is 8.24. The van der Waals surface area contributed by atoms with Crippen LogP contribution in [-0.4, -0.2) is 29.1 Å². The van der Waals surface area contributed by atoms with Crippen molar-refractivity contribution >= 4 is 29.0 Å². The van der Waals surface area contributed by atoms with Crippen LogP contribution in [0.2, 0.25) is 0 Å². The number of nitrogens with zero attached hydrogens (tertiary/aromatic N) is 2. The Morgan fingerprint density at radius 3 is 2.30 bits per heavy atom. The molecule has 0 saturated heterocycles. The minimum atomic E-state index is -0.635. The predicted molar refractivity (Wildman–Crippen MR) is 112 cm³/mol. The van der Waals surface area contributed by atoms with Crippen LogP contribution >= 0.6 is 0 Å². The molecular weight excluding hydrogens is 388 g/mol. The molecule has 0 aliphatic heterocycles. The number of carbonyl (C=O) groups is 2. The molecule has 2 rings (SSSR count). The highest BCUT2D eigenvalue weighted by Crippen LogP contribution is 2.13. The van der Waals surface area contributed by atoms with E-state index in [1.807, 2.05) is 30.3 Å². The van der Waals surface area contributed by atoms with E-state index in [0.717, 1.165) is 0 Å². The number of nitrogens with two attached hydrogens (primary N) is 1. The predicted octanol–water partition coefficient (Wildman–Crippen LogP) is 2.78. The monoisotopic (exact) mass is 410 g/mol. The molecule has 0 bridgehead atoms. The van der Waals surface area contributed by atoms with Crippen molar-refractivity contribution in [3.8, 4) is 0 Å². The van der Waals surface area contributed by atoms with Gasteiger partial charge >= 0.3 is 5.97 Å². The number of para-hydroxylation sites is 1. The Labute approximate surface area is 173 Å². The molecule has 0 unspecified atom stereocenters. The highest BCUT2D eigenvalue weighted by molar-refractivity contribution is 6.03. The summed E-state index contributed by atoms with van der Waals surface area (Å²) in [7, 11) is 0. The van der Waals surface area contributed by atoms with Crippen LogP contribution in [0.1, 0.15) is 19.4 Å². The molecule has 0 aliphatic carbocycles. The topological polar surface area (TPSA) is 137 Å². The Hall–Kier alpha value is -4.01. The average molecular weight is 410 g/mol. The lowest BCUT2D eigenvalue weighted by atomic mass is 10.1. The zero-order valence-electron chi connectivity index (χ0n) is 16.6. The van der Waals surface area contributed by atoms with Crippen LogP contribution in [0.4, 0.5) is 11.4 Å². The van der Waals surface area contributed by atoms with Gasteiger partial charge in [0.25, 0.3) is 11.6 Å². The fourth-order valence-corrected chi connectivity index (χ4v) is 2.50. The van der Waals surface area contributed by atoms with Gasteiger partial charge in [0, 0.05) is 17.8 Å². The molecule has 0 heterocycles. The van der Waals surface area contributed by atoms with E-state index < -0.39 is 23.4 Å². The lowest BCUT2D eigenvalue weighted by Crippen LogP contribution is -2.32. The van der Waals surface area contributed by atoms with E-state index in [2.05, 4.69) is 10.3 Å². The second kappa shape index (κ2) is 10.5. The molecule has 3 N–H and O–H groups in total. The fraction of sp³-hybridized carbons (Fsp3) is 0.190. The van der Waals surface area contributed by atoms with Crippen LogP contribution in [0, 0.1) is 10.1 Å². The number of nitrogens with one attached hydrogen (secondary N) is 1. The molecule has 1 amide bonds. The van der Waals surface area contributed by atoms with Crippen molar-refractivity contribution in [3.05, 3.63) is 81.7 Å². The van der Waals surface area contributed by atoms with Gasteiger partial charge in [-0.3, -0.25) is 24.7 Å². The summed E-state index contributed by atoms with van der Waals surface area (Å²) >= 11 is 0. The molecule has 0 saturated carbocycles. The molecule has 0 aliphatic rings. The number of carbonyl (C=O) groups excluding carboxylic acids is 2. The SMILES string of the molecule is CC(=Nc1ccccc1)C(NC(=O)COC(=O)Cc1ccc([N+](=O)[O-])cc1)=C(C)N. The number of hydrogen-bond acceptors (Lipinski definition) is 7. The number of hydrogen-bond donors (Lipinski definition) is 2. The molecular formula is C21H22N4O5. The molecule has 156 valence electrons. The van der Waals surface area contributed by atoms with Crippen LogP contribution in [0.15, 0.2) is 71.0 Å². The number of ether oxygens (including phenoxy) is 1. The summed E-state index contributed by atoms with van der Waals surface area (Å²) in [6.07, 6.45) is -0.113. The molecule has 9 nitrogen and oxygen atoms in total. The first-order valence-electron chi connectivity index (χ1n) is 9.02. The van der Waals surface area contributed by atoms with Crippen LogP contribution < -0.4 is 11.1 Å². The van der Waals surface area contributed by atoms with E-state index in [4.69, 9.17) is 10.5 Å². The maximum Gasteiger partial charge on any atom is 0.310 e. The molecule has 0 fully saturated rings. The number of rotatable bonds is 8. The highest BCUT2D eigenvalue weighted by atomic mass is 16.6. The number of non-ortho nitro benzene ring substituents is 1. The molecule has 0 aromatic heterocycles. The standard InChI is InChI=1S/C21H22N4O5/c1-14(22)21(15(2)23-17-6-4-3-5-7-17)24-19(26)13-30-20(27)12-16-8-10-18(11-9-16)25(28)29/h3-11H,12-13,22H2,1-2H3,(H,24,26). The number of aliphatic imine (C=N–C) groups is 1. The van der Waals surface area contributed by atoms with E-state index in [9.17, 15) is 19.7 Å². The molecule has 0 spiro atoms. The maximum atomic E-state index is 12.2. The number of amides is 1. The second-order valence-electron chi connectivity index (χ2n) is 6.40. The smallest absolute Gasteiger partial charge is 0.310 e. The molecule has 0 atom stereocenters. The summed E-state index contributed by atoms with van der Waals surface area (Å²) in [5.74, 6) is -1.20. The largest absolute Gasteiger partial charge is 0.455 e. The number of nitro benzene ring substituents is 1. The summed E-state index contributed by atoms with van der Waals surface area (Å²) in [5, 5.41) is 13.3. The Balaban J connectivity index is 1.91. The van der Waals surface area contributed by atoms with Crippen LogP contribution in [0.25, 0.3) is 0 Å². The quantitative estimate of drug-likeness (QED) is 0.297. The first-order valence-corrected chi connectivity index (χ1v) is 9.02. The minimum Gasteiger partial charge on any atom is -0.455 e. The van der Waals surface area contributed by atoms with Crippen LogP contribution in [0.3, 0.4) is 0 Å². The van der Waals surface area contributed by atoms with E-state index in [0.29, 0.717) is 28.4 Å². The van der Waals surface area contributed by atoms with Gasteiger partial charge in [0.2, 0.25) is 0 Å². The number of allylic oxidation sites excluding steroid dienone is 2. The summed E-state index contributed by atoms with van der Waals surface area (Å²) in [6, 6.07) is 14.7. The third kappa shape index (κ3) is 6.86. The van der Waals surface area contributed by atoms with Crippen LogP contribution in [-0.2, 0) is 20.7 Å². The Morgan fingerprint density at radius 1 is 1.10 bits per heavy atom. The van der Waals surface area contributed by atoms with Crippen molar-refractivity contribution in [2.75, 3.05) is 6.61 Å². The van der Waals surface area contributed by atoms with E-state index in [1.54, 1.807) is 13.8 Å². The third-order valence-corrected chi connectivity index (χ3v) is 3.93. The lowest BCUT2D eigenvalue weighted by Gasteiger charge is -2.12. The minimum absolute atomic E-state index is 0.0736. The molecule has 9 heteroatoms. The van der Waals surface area contributed by atoms with Gasteiger partial charge in [-0.25, -0.2) is 0 Å². The van der Waals surface area contributed by atoms with Crippen molar-refractivity contribution in [1.82, 2.24) is 5.32 Å². The Bertz CT molecular complexity index is 978. The maximum absolute atomic E-state index is 12.2. The Morgan fingerprint density at radius 2 is 1.73 bits per heavy atom. The van der Waals surface area contributed by atoms with Gasteiger partial charge in [0.15, 0.2) is 6.61 Å². The third-order valence-electron chi connectivity index (χ3n) is 3.93. The normalized spacial score (nSPS) is 12.0.